The average Bonchev–Trinajstić information content (AvgIpc) is 3.30. The van der Waals surface area contributed by atoms with Gasteiger partial charge in [0.05, 0.1) is 23.0 Å². The van der Waals surface area contributed by atoms with Crippen molar-refractivity contribution in [3.8, 4) is 21.8 Å². The van der Waals surface area contributed by atoms with E-state index < -0.39 is 0 Å². The minimum Gasteiger partial charge on any atom is -0.346 e. The Morgan fingerprint density at radius 1 is 1.14 bits per heavy atom. The third-order valence-electron chi connectivity index (χ3n) is 4.59. The molecular weight excluding hydrogens is 404 g/mol. The Labute approximate surface area is 178 Å². The van der Waals surface area contributed by atoms with Gasteiger partial charge in [0, 0.05) is 23.1 Å². The van der Waals surface area contributed by atoms with Gasteiger partial charge >= 0.3 is 0 Å². The number of aryl methyl sites for hydroxylation is 2. The number of aromatic nitrogens is 3. The maximum absolute atomic E-state index is 12.7. The van der Waals surface area contributed by atoms with E-state index in [0.29, 0.717) is 17.3 Å². The molecule has 146 valence electrons. The Balaban J connectivity index is 1.50. The normalized spacial score (nSPS) is 10.9. The van der Waals surface area contributed by atoms with E-state index in [9.17, 15) is 4.79 Å². The summed E-state index contributed by atoms with van der Waals surface area (Å²) in [6, 6.07) is 19.2. The predicted molar refractivity (Wildman–Crippen MR) is 117 cm³/mol. The molecule has 5 nitrogen and oxygen atoms in total. The zero-order valence-corrected chi connectivity index (χ0v) is 17.6. The van der Waals surface area contributed by atoms with Gasteiger partial charge in [-0.2, -0.15) is 5.10 Å². The van der Waals surface area contributed by atoms with Crippen molar-refractivity contribution in [2.75, 3.05) is 0 Å². The molecule has 0 bridgehead atoms. The quantitative estimate of drug-likeness (QED) is 0.486. The lowest BCUT2D eigenvalue weighted by Gasteiger charge is -2.04. The summed E-state index contributed by atoms with van der Waals surface area (Å²) in [5.74, 6) is -0.172. The summed E-state index contributed by atoms with van der Waals surface area (Å²) in [7, 11) is 1.77. The molecule has 29 heavy (non-hydrogen) atoms. The van der Waals surface area contributed by atoms with Crippen molar-refractivity contribution in [2.45, 2.75) is 13.5 Å². The number of nitrogens with zero attached hydrogens (tertiary/aromatic N) is 3. The van der Waals surface area contributed by atoms with Crippen molar-refractivity contribution in [3.05, 3.63) is 82.0 Å². The van der Waals surface area contributed by atoms with Gasteiger partial charge in [-0.1, -0.05) is 60.1 Å². The summed E-state index contributed by atoms with van der Waals surface area (Å²) in [5, 5.41) is 8.96. The standard InChI is InChI=1S/C22H19ClN4OS/c1-14-20(29-22(25-14)16-10-6-7-11-17(16)23)13-24-21(28)19-12-18(26-27(19)2)15-8-4-3-5-9-15/h3-12H,13H2,1-2H3,(H,24,28). The second kappa shape index (κ2) is 8.19. The van der Waals surface area contributed by atoms with Crippen LogP contribution in [0.4, 0.5) is 0 Å². The van der Waals surface area contributed by atoms with E-state index in [0.717, 1.165) is 32.4 Å². The summed E-state index contributed by atoms with van der Waals surface area (Å²) in [5.41, 5.74) is 4.05. The second-order valence-corrected chi connectivity index (χ2v) is 8.09. The highest BCUT2D eigenvalue weighted by Crippen LogP contribution is 2.32. The van der Waals surface area contributed by atoms with E-state index in [1.807, 2.05) is 61.5 Å². The van der Waals surface area contributed by atoms with Gasteiger partial charge in [0.1, 0.15) is 10.7 Å². The van der Waals surface area contributed by atoms with Gasteiger partial charge in [0.25, 0.3) is 5.91 Å². The molecule has 2 heterocycles. The highest BCUT2D eigenvalue weighted by molar-refractivity contribution is 7.15. The molecule has 0 radical (unpaired) electrons. The highest BCUT2D eigenvalue weighted by atomic mass is 35.5. The van der Waals surface area contributed by atoms with E-state index in [2.05, 4.69) is 15.4 Å². The first-order valence-electron chi connectivity index (χ1n) is 9.12. The molecule has 0 aliphatic heterocycles. The summed E-state index contributed by atoms with van der Waals surface area (Å²) in [6.45, 7) is 2.34. The molecule has 0 atom stereocenters. The SMILES string of the molecule is Cc1nc(-c2ccccc2Cl)sc1CNC(=O)c1cc(-c2ccccc2)nn1C. The lowest BCUT2D eigenvalue weighted by molar-refractivity contribution is 0.0942. The fraction of sp³-hybridized carbons (Fsp3) is 0.136. The van der Waals surface area contributed by atoms with Gasteiger partial charge in [-0.05, 0) is 19.1 Å². The van der Waals surface area contributed by atoms with Gasteiger partial charge in [-0.3, -0.25) is 9.48 Å². The Bertz CT molecular complexity index is 1170. The molecule has 0 unspecified atom stereocenters. The molecule has 2 aromatic heterocycles. The molecule has 0 spiro atoms. The van der Waals surface area contributed by atoms with Crippen molar-refractivity contribution in [1.29, 1.82) is 0 Å². The van der Waals surface area contributed by atoms with Crippen molar-refractivity contribution >= 4 is 28.8 Å². The monoisotopic (exact) mass is 422 g/mol. The Morgan fingerprint density at radius 3 is 2.62 bits per heavy atom. The number of halogens is 1. The number of carbonyl (C=O) groups is 1. The fourth-order valence-corrected chi connectivity index (χ4v) is 4.35. The minimum absolute atomic E-state index is 0.172. The molecule has 1 N–H and O–H groups in total. The van der Waals surface area contributed by atoms with Crippen LogP contribution in [0.5, 0.6) is 0 Å². The number of rotatable bonds is 5. The summed E-state index contributed by atoms with van der Waals surface area (Å²) >= 11 is 7.82. The molecule has 0 saturated carbocycles. The van der Waals surface area contributed by atoms with Crippen LogP contribution in [-0.4, -0.2) is 20.7 Å². The van der Waals surface area contributed by atoms with Crippen molar-refractivity contribution in [1.82, 2.24) is 20.1 Å². The summed E-state index contributed by atoms with van der Waals surface area (Å²) < 4.78 is 1.60. The molecular formula is C22H19ClN4OS. The summed E-state index contributed by atoms with van der Waals surface area (Å²) in [4.78, 5) is 18.3. The molecule has 7 heteroatoms. The first kappa shape index (κ1) is 19.4. The zero-order valence-electron chi connectivity index (χ0n) is 16.0. The Morgan fingerprint density at radius 2 is 1.86 bits per heavy atom. The number of hydrogen-bond acceptors (Lipinski definition) is 4. The molecule has 2 aromatic carbocycles. The van der Waals surface area contributed by atoms with Gasteiger partial charge in [-0.15, -0.1) is 11.3 Å². The van der Waals surface area contributed by atoms with Crippen molar-refractivity contribution < 1.29 is 4.79 Å². The fourth-order valence-electron chi connectivity index (χ4n) is 3.02. The first-order chi connectivity index (χ1) is 14.0. The second-order valence-electron chi connectivity index (χ2n) is 6.59. The lowest BCUT2D eigenvalue weighted by Crippen LogP contribution is -2.25. The maximum Gasteiger partial charge on any atom is 0.269 e. The van der Waals surface area contributed by atoms with Crippen LogP contribution in [0, 0.1) is 6.92 Å². The predicted octanol–water partition coefficient (Wildman–Crippen LogP) is 5.10. The van der Waals surface area contributed by atoms with E-state index in [1.165, 1.54) is 11.3 Å². The van der Waals surface area contributed by atoms with Crippen LogP contribution in [0.2, 0.25) is 5.02 Å². The zero-order chi connectivity index (χ0) is 20.4. The average molecular weight is 423 g/mol. The largest absolute Gasteiger partial charge is 0.346 e. The third-order valence-corrected chi connectivity index (χ3v) is 6.11. The van der Waals surface area contributed by atoms with Crippen molar-refractivity contribution in [3.63, 3.8) is 0 Å². The van der Waals surface area contributed by atoms with E-state index in [-0.39, 0.29) is 5.91 Å². The van der Waals surface area contributed by atoms with Gasteiger partial charge in [0.2, 0.25) is 0 Å². The number of amides is 1. The van der Waals surface area contributed by atoms with E-state index >= 15 is 0 Å². The molecule has 4 aromatic rings. The molecule has 0 aliphatic rings. The Hall–Kier alpha value is -2.96. The molecule has 4 rings (SSSR count). The molecule has 1 amide bonds. The van der Waals surface area contributed by atoms with Gasteiger partial charge < -0.3 is 5.32 Å². The van der Waals surface area contributed by atoms with E-state index in [1.54, 1.807) is 17.8 Å². The number of carbonyl (C=O) groups excluding carboxylic acids is 1. The smallest absolute Gasteiger partial charge is 0.269 e. The topological polar surface area (TPSA) is 59.8 Å². The molecule has 0 saturated heterocycles. The van der Waals surface area contributed by atoms with Crippen LogP contribution in [-0.2, 0) is 13.6 Å². The first-order valence-corrected chi connectivity index (χ1v) is 10.3. The number of nitrogens with one attached hydrogen (secondary N) is 1. The molecule has 0 fully saturated rings. The van der Waals surface area contributed by atoms with Gasteiger partial charge in [-0.25, -0.2) is 4.98 Å². The minimum atomic E-state index is -0.172. The van der Waals surface area contributed by atoms with Crippen LogP contribution in [0.1, 0.15) is 21.1 Å². The molecule has 0 aliphatic carbocycles. The van der Waals surface area contributed by atoms with E-state index in [4.69, 9.17) is 11.6 Å². The van der Waals surface area contributed by atoms with Crippen LogP contribution < -0.4 is 5.32 Å². The van der Waals surface area contributed by atoms with Crippen molar-refractivity contribution in [2.24, 2.45) is 7.05 Å². The lowest BCUT2D eigenvalue weighted by atomic mass is 10.1. The van der Waals surface area contributed by atoms with Crippen LogP contribution >= 0.6 is 22.9 Å². The Kier molecular flexibility index (Phi) is 5.47. The van der Waals surface area contributed by atoms with Crippen LogP contribution in [0.15, 0.2) is 60.7 Å². The summed E-state index contributed by atoms with van der Waals surface area (Å²) in [6.07, 6.45) is 0. The number of thiazole rings is 1. The highest BCUT2D eigenvalue weighted by Gasteiger charge is 2.16. The number of benzene rings is 2. The number of hydrogen-bond donors (Lipinski definition) is 1. The van der Waals surface area contributed by atoms with Crippen LogP contribution in [0.25, 0.3) is 21.8 Å². The van der Waals surface area contributed by atoms with Gasteiger partial charge in [0.15, 0.2) is 0 Å². The third kappa shape index (κ3) is 4.09. The van der Waals surface area contributed by atoms with Crippen LogP contribution in [0.3, 0.4) is 0 Å². The maximum atomic E-state index is 12.7.